The molecule has 0 heterocycles. The molecule has 1 aromatic rings. The van der Waals surface area contributed by atoms with Crippen LogP contribution < -0.4 is 15.8 Å². The molecule has 0 radical (unpaired) electrons. The number of hydrogen-bond acceptors (Lipinski definition) is 3. The maximum absolute atomic E-state index is 12.0. The van der Waals surface area contributed by atoms with E-state index in [1.54, 1.807) is 6.07 Å². The van der Waals surface area contributed by atoms with Crippen molar-refractivity contribution >= 4 is 28.8 Å². The van der Waals surface area contributed by atoms with E-state index in [1.807, 2.05) is 18.2 Å². The van der Waals surface area contributed by atoms with Crippen LogP contribution in [0.3, 0.4) is 0 Å². The minimum atomic E-state index is 0.0633. The summed E-state index contributed by atoms with van der Waals surface area (Å²) >= 11 is 4.77. The second-order valence-corrected chi connectivity index (χ2v) is 6.04. The third-order valence-corrected chi connectivity index (χ3v) is 3.87. The molecule has 0 unspecified atom stereocenters. The molecular formula is C16H22N2O2S. The summed E-state index contributed by atoms with van der Waals surface area (Å²) in [7, 11) is 0. The molecule has 1 amide bonds. The average Bonchev–Trinajstić information content (AvgIpc) is 2.97. The van der Waals surface area contributed by atoms with Crippen LogP contribution in [0.1, 0.15) is 38.5 Å². The van der Waals surface area contributed by atoms with Gasteiger partial charge in [0.2, 0.25) is 5.91 Å². The van der Waals surface area contributed by atoms with Crippen molar-refractivity contribution in [1.29, 1.82) is 0 Å². The minimum Gasteiger partial charge on any atom is -0.486 e. The second kappa shape index (κ2) is 7.98. The van der Waals surface area contributed by atoms with Crippen LogP contribution in [-0.2, 0) is 4.79 Å². The predicted molar refractivity (Wildman–Crippen MR) is 88.5 cm³/mol. The highest BCUT2D eigenvalue weighted by Gasteiger charge is 2.16. The van der Waals surface area contributed by atoms with Crippen molar-refractivity contribution in [2.75, 3.05) is 11.9 Å². The smallest absolute Gasteiger partial charge is 0.224 e. The fourth-order valence-corrected chi connectivity index (χ4v) is 2.73. The fraction of sp³-hybridized carbons (Fsp3) is 0.500. The number of thiocarbonyl (C=S) groups is 1. The van der Waals surface area contributed by atoms with Crippen LogP contribution in [0.2, 0.25) is 0 Å². The number of nitrogens with two attached hydrogens (primary N) is 1. The Labute approximate surface area is 131 Å². The Balaban J connectivity index is 1.79. The molecule has 0 bridgehead atoms. The van der Waals surface area contributed by atoms with Crippen molar-refractivity contribution in [3.05, 3.63) is 24.3 Å². The SMILES string of the molecule is NC(=S)COc1cccc(NC(=O)CCC2CCCC2)c1. The quantitative estimate of drug-likeness (QED) is 0.759. The maximum Gasteiger partial charge on any atom is 0.224 e. The first-order valence-corrected chi connectivity index (χ1v) is 7.85. The van der Waals surface area contributed by atoms with Crippen molar-refractivity contribution in [3.8, 4) is 5.75 Å². The Hall–Kier alpha value is -1.62. The number of amides is 1. The van der Waals surface area contributed by atoms with Gasteiger partial charge in [0, 0.05) is 18.2 Å². The Bertz CT molecular complexity index is 499. The van der Waals surface area contributed by atoms with E-state index in [-0.39, 0.29) is 12.5 Å². The highest BCUT2D eigenvalue weighted by Crippen LogP contribution is 2.28. The molecule has 4 nitrogen and oxygen atoms in total. The summed E-state index contributed by atoms with van der Waals surface area (Å²) in [6.45, 7) is 0.203. The third-order valence-electron chi connectivity index (χ3n) is 3.75. The average molecular weight is 306 g/mol. The molecule has 1 saturated carbocycles. The predicted octanol–water partition coefficient (Wildman–Crippen LogP) is 3.26. The van der Waals surface area contributed by atoms with Gasteiger partial charge in [-0.2, -0.15) is 0 Å². The molecule has 3 N–H and O–H groups in total. The van der Waals surface area contributed by atoms with Crippen molar-refractivity contribution in [2.24, 2.45) is 11.7 Å². The van der Waals surface area contributed by atoms with Crippen LogP contribution in [0, 0.1) is 5.92 Å². The summed E-state index contributed by atoms with van der Waals surface area (Å²) < 4.78 is 5.41. The zero-order valence-electron chi connectivity index (χ0n) is 12.1. The van der Waals surface area contributed by atoms with Crippen molar-refractivity contribution in [1.82, 2.24) is 0 Å². The lowest BCUT2D eigenvalue weighted by molar-refractivity contribution is -0.116. The maximum atomic E-state index is 12.0. The van der Waals surface area contributed by atoms with Gasteiger partial charge in [0.15, 0.2) is 0 Å². The van der Waals surface area contributed by atoms with E-state index >= 15 is 0 Å². The van der Waals surface area contributed by atoms with Crippen LogP contribution in [-0.4, -0.2) is 17.5 Å². The molecule has 5 heteroatoms. The van der Waals surface area contributed by atoms with Gasteiger partial charge in [-0.1, -0.05) is 44.0 Å². The van der Waals surface area contributed by atoms with E-state index in [9.17, 15) is 4.79 Å². The molecule has 114 valence electrons. The van der Waals surface area contributed by atoms with Crippen LogP contribution in [0.15, 0.2) is 24.3 Å². The minimum absolute atomic E-state index is 0.0633. The normalized spacial score (nSPS) is 14.9. The number of nitrogens with one attached hydrogen (secondary N) is 1. The van der Waals surface area contributed by atoms with E-state index < -0.39 is 0 Å². The van der Waals surface area contributed by atoms with E-state index in [0.717, 1.165) is 18.0 Å². The molecule has 0 saturated heterocycles. The summed E-state index contributed by atoms with van der Waals surface area (Å²) in [6.07, 6.45) is 6.75. The zero-order chi connectivity index (χ0) is 15.1. The van der Waals surface area contributed by atoms with Crippen LogP contribution in [0.4, 0.5) is 5.69 Å². The lowest BCUT2D eigenvalue weighted by Gasteiger charge is -2.10. The largest absolute Gasteiger partial charge is 0.486 e. The summed E-state index contributed by atoms with van der Waals surface area (Å²) in [4.78, 5) is 12.3. The first kappa shape index (κ1) is 15.8. The van der Waals surface area contributed by atoms with Gasteiger partial charge in [0.25, 0.3) is 0 Å². The van der Waals surface area contributed by atoms with Gasteiger partial charge < -0.3 is 15.8 Å². The zero-order valence-corrected chi connectivity index (χ0v) is 13.0. The second-order valence-electron chi connectivity index (χ2n) is 5.52. The summed E-state index contributed by atoms with van der Waals surface area (Å²) in [6, 6.07) is 7.28. The van der Waals surface area contributed by atoms with Crippen LogP contribution in [0.25, 0.3) is 0 Å². The molecule has 0 aromatic heterocycles. The fourth-order valence-electron chi connectivity index (χ4n) is 2.68. The number of anilines is 1. The van der Waals surface area contributed by atoms with Crippen molar-refractivity contribution < 1.29 is 9.53 Å². The van der Waals surface area contributed by atoms with Crippen LogP contribution in [0.5, 0.6) is 5.75 Å². The molecule has 1 aliphatic carbocycles. The summed E-state index contributed by atoms with van der Waals surface area (Å²) in [5.41, 5.74) is 6.14. The molecule has 2 rings (SSSR count). The third kappa shape index (κ3) is 5.71. The number of ether oxygens (including phenoxy) is 1. The van der Waals surface area contributed by atoms with Gasteiger partial charge in [-0.05, 0) is 24.5 Å². The molecule has 1 aliphatic rings. The van der Waals surface area contributed by atoms with E-state index in [4.69, 9.17) is 22.7 Å². The molecule has 0 atom stereocenters. The Morgan fingerprint density at radius 1 is 1.38 bits per heavy atom. The van der Waals surface area contributed by atoms with Gasteiger partial charge in [-0.15, -0.1) is 0 Å². The van der Waals surface area contributed by atoms with Gasteiger partial charge in [0.05, 0.1) is 0 Å². The lowest BCUT2D eigenvalue weighted by Crippen LogP contribution is -2.18. The summed E-state index contributed by atoms with van der Waals surface area (Å²) in [5.74, 6) is 1.45. The standard InChI is InChI=1S/C16H22N2O2S/c17-15(21)11-20-14-7-3-6-13(10-14)18-16(19)9-8-12-4-1-2-5-12/h3,6-7,10,12H,1-2,4-5,8-9,11H2,(H2,17,21)(H,18,19). The van der Waals surface area contributed by atoms with Gasteiger partial charge in [0.1, 0.15) is 17.3 Å². The monoisotopic (exact) mass is 306 g/mol. The molecular weight excluding hydrogens is 284 g/mol. The Morgan fingerprint density at radius 2 is 2.14 bits per heavy atom. The number of carbonyl (C=O) groups excluding carboxylic acids is 1. The molecule has 1 fully saturated rings. The number of rotatable bonds is 7. The van der Waals surface area contributed by atoms with E-state index in [2.05, 4.69) is 5.32 Å². The molecule has 0 aliphatic heterocycles. The van der Waals surface area contributed by atoms with Gasteiger partial charge >= 0.3 is 0 Å². The van der Waals surface area contributed by atoms with Gasteiger partial charge in [-0.25, -0.2) is 0 Å². The first-order chi connectivity index (χ1) is 10.1. The highest BCUT2D eigenvalue weighted by atomic mass is 32.1. The van der Waals surface area contributed by atoms with Gasteiger partial charge in [-0.3, -0.25) is 4.79 Å². The number of carbonyl (C=O) groups is 1. The first-order valence-electron chi connectivity index (χ1n) is 7.44. The van der Waals surface area contributed by atoms with Crippen molar-refractivity contribution in [2.45, 2.75) is 38.5 Å². The topological polar surface area (TPSA) is 64.3 Å². The van der Waals surface area contributed by atoms with Crippen molar-refractivity contribution in [3.63, 3.8) is 0 Å². The molecule has 1 aromatic carbocycles. The van der Waals surface area contributed by atoms with Crippen LogP contribution >= 0.6 is 12.2 Å². The van der Waals surface area contributed by atoms with E-state index in [0.29, 0.717) is 17.2 Å². The number of hydrogen-bond donors (Lipinski definition) is 2. The summed E-state index contributed by atoms with van der Waals surface area (Å²) in [5, 5.41) is 2.91. The Kier molecular flexibility index (Phi) is 5.99. The lowest BCUT2D eigenvalue weighted by atomic mass is 10.0. The molecule has 21 heavy (non-hydrogen) atoms. The van der Waals surface area contributed by atoms with E-state index in [1.165, 1.54) is 25.7 Å². The number of benzene rings is 1. The Morgan fingerprint density at radius 3 is 2.86 bits per heavy atom. The highest BCUT2D eigenvalue weighted by molar-refractivity contribution is 7.80. The molecule has 0 spiro atoms.